The monoisotopic (exact) mass is 221 g/mol. The maximum atomic E-state index is 9.81. The van der Waals surface area contributed by atoms with Crippen LogP contribution >= 0.6 is 0 Å². The Morgan fingerprint density at radius 1 is 1.50 bits per heavy atom. The van der Waals surface area contributed by atoms with Gasteiger partial charge in [-0.25, -0.2) is 0 Å². The van der Waals surface area contributed by atoms with Gasteiger partial charge in [0, 0.05) is 5.92 Å². The molecule has 4 heteroatoms. The molecule has 0 fully saturated rings. The number of ether oxygens (including phenoxy) is 1. The minimum absolute atomic E-state index is 0.0105. The normalized spacial score (nSPS) is 13.9. The summed E-state index contributed by atoms with van der Waals surface area (Å²) in [5.74, 6) is 0.132. The quantitative estimate of drug-likeness (QED) is 0.815. The Hall–Kier alpha value is -1.73. The van der Waals surface area contributed by atoms with Gasteiger partial charge < -0.3 is 14.9 Å². The van der Waals surface area contributed by atoms with Crippen molar-refractivity contribution >= 4 is 0 Å². The van der Waals surface area contributed by atoms with E-state index in [1.165, 1.54) is 13.2 Å². The van der Waals surface area contributed by atoms with Gasteiger partial charge in [0.25, 0.3) is 0 Å². The molecule has 0 heterocycles. The number of methoxy groups -OCH3 is 1. The Morgan fingerprint density at radius 2 is 2.19 bits per heavy atom. The first-order valence-corrected chi connectivity index (χ1v) is 5.03. The van der Waals surface area contributed by atoms with Gasteiger partial charge in [-0.3, -0.25) is 0 Å². The lowest BCUT2D eigenvalue weighted by Gasteiger charge is -2.13. The second-order valence-electron chi connectivity index (χ2n) is 3.71. The van der Waals surface area contributed by atoms with Crippen molar-refractivity contribution < 1.29 is 14.9 Å². The molecule has 2 unspecified atom stereocenters. The number of hydrogen-bond donors (Lipinski definition) is 2. The molecule has 0 aliphatic heterocycles. The summed E-state index contributed by atoms with van der Waals surface area (Å²) in [6.07, 6.45) is -0.395. The number of benzene rings is 1. The van der Waals surface area contributed by atoms with E-state index in [-0.39, 0.29) is 11.7 Å². The van der Waals surface area contributed by atoms with Gasteiger partial charge in [0.1, 0.15) is 0 Å². The van der Waals surface area contributed by atoms with Crippen molar-refractivity contribution in [2.45, 2.75) is 19.4 Å². The van der Waals surface area contributed by atoms with Crippen LogP contribution in [0.3, 0.4) is 0 Å². The SMILES string of the molecule is COc1ccc(C(O)CC(C)C#N)cc1O. The van der Waals surface area contributed by atoms with E-state index in [1.807, 2.05) is 0 Å². The Labute approximate surface area is 94.7 Å². The highest BCUT2D eigenvalue weighted by atomic mass is 16.5. The molecule has 86 valence electrons. The lowest BCUT2D eigenvalue weighted by atomic mass is 9.99. The number of rotatable bonds is 4. The number of nitrogens with zero attached hydrogens (tertiary/aromatic N) is 1. The lowest BCUT2D eigenvalue weighted by Crippen LogP contribution is -2.03. The number of aromatic hydroxyl groups is 1. The summed E-state index contributed by atoms with van der Waals surface area (Å²) in [5, 5.41) is 28.0. The van der Waals surface area contributed by atoms with Gasteiger partial charge in [0.2, 0.25) is 0 Å². The smallest absolute Gasteiger partial charge is 0.160 e. The zero-order chi connectivity index (χ0) is 12.1. The van der Waals surface area contributed by atoms with E-state index in [2.05, 4.69) is 6.07 Å². The Bertz CT molecular complexity index is 398. The molecule has 4 nitrogen and oxygen atoms in total. The number of phenolic OH excluding ortho intramolecular Hbond substituents is 1. The molecule has 1 rings (SSSR count). The molecule has 0 bridgehead atoms. The highest BCUT2D eigenvalue weighted by Crippen LogP contribution is 2.30. The minimum Gasteiger partial charge on any atom is -0.504 e. The maximum Gasteiger partial charge on any atom is 0.160 e. The molecule has 0 amide bonds. The molecule has 2 N–H and O–H groups in total. The van der Waals surface area contributed by atoms with Gasteiger partial charge in [-0.1, -0.05) is 6.07 Å². The van der Waals surface area contributed by atoms with Crippen LogP contribution in [0.2, 0.25) is 0 Å². The van der Waals surface area contributed by atoms with Crippen LogP contribution in [0.25, 0.3) is 0 Å². The number of nitriles is 1. The Kier molecular flexibility index (Phi) is 4.15. The molecule has 0 radical (unpaired) electrons. The number of aliphatic hydroxyl groups excluding tert-OH is 1. The number of hydrogen-bond acceptors (Lipinski definition) is 4. The lowest BCUT2D eigenvalue weighted by molar-refractivity contribution is 0.156. The third-order valence-electron chi connectivity index (χ3n) is 2.38. The molecule has 0 aromatic heterocycles. The van der Waals surface area contributed by atoms with E-state index in [0.29, 0.717) is 17.7 Å². The summed E-state index contributed by atoms with van der Waals surface area (Å²) < 4.78 is 4.90. The minimum atomic E-state index is -0.744. The third-order valence-corrected chi connectivity index (χ3v) is 2.38. The van der Waals surface area contributed by atoms with Crippen molar-refractivity contribution in [3.63, 3.8) is 0 Å². The van der Waals surface area contributed by atoms with E-state index in [9.17, 15) is 10.2 Å². The van der Waals surface area contributed by atoms with Gasteiger partial charge >= 0.3 is 0 Å². The summed E-state index contributed by atoms with van der Waals surface area (Å²) >= 11 is 0. The standard InChI is InChI=1S/C12H15NO3/c1-8(7-13)5-10(14)9-3-4-12(16-2)11(15)6-9/h3-4,6,8,10,14-15H,5H2,1-2H3. The van der Waals surface area contributed by atoms with Crippen molar-refractivity contribution in [3.8, 4) is 17.6 Å². The maximum absolute atomic E-state index is 9.81. The van der Waals surface area contributed by atoms with Crippen molar-refractivity contribution in [3.05, 3.63) is 23.8 Å². The van der Waals surface area contributed by atoms with Crippen LogP contribution in [0, 0.1) is 17.2 Å². The molecule has 1 aromatic rings. The number of aliphatic hydroxyl groups is 1. The largest absolute Gasteiger partial charge is 0.504 e. The van der Waals surface area contributed by atoms with Gasteiger partial charge in [0.05, 0.1) is 19.3 Å². The van der Waals surface area contributed by atoms with Gasteiger partial charge in [-0.2, -0.15) is 5.26 Å². The molecular formula is C12H15NO3. The number of phenols is 1. The van der Waals surface area contributed by atoms with E-state index in [4.69, 9.17) is 10.00 Å². The summed E-state index contributed by atoms with van der Waals surface area (Å²) in [5.41, 5.74) is 0.584. The van der Waals surface area contributed by atoms with Crippen LogP contribution in [0.4, 0.5) is 0 Å². The van der Waals surface area contributed by atoms with Crippen LogP contribution in [0.1, 0.15) is 25.0 Å². The topological polar surface area (TPSA) is 73.5 Å². The average molecular weight is 221 g/mol. The molecule has 0 saturated heterocycles. The van der Waals surface area contributed by atoms with Crippen LogP contribution in [-0.4, -0.2) is 17.3 Å². The van der Waals surface area contributed by atoms with E-state index in [0.717, 1.165) is 0 Å². The fourth-order valence-corrected chi connectivity index (χ4v) is 1.44. The van der Waals surface area contributed by atoms with Crippen molar-refractivity contribution in [2.75, 3.05) is 7.11 Å². The highest BCUT2D eigenvalue weighted by molar-refractivity contribution is 5.42. The second kappa shape index (κ2) is 5.38. The third kappa shape index (κ3) is 2.88. The van der Waals surface area contributed by atoms with Crippen LogP contribution in [0.15, 0.2) is 18.2 Å². The van der Waals surface area contributed by atoms with Crippen LogP contribution in [-0.2, 0) is 0 Å². The second-order valence-corrected chi connectivity index (χ2v) is 3.71. The molecular weight excluding hydrogens is 206 g/mol. The molecule has 1 aromatic carbocycles. The first-order valence-electron chi connectivity index (χ1n) is 5.03. The van der Waals surface area contributed by atoms with Crippen molar-refractivity contribution in [1.82, 2.24) is 0 Å². The average Bonchev–Trinajstić information content (AvgIpc) is 2.28. The molecule has 16 heavy (non-hydrogen) atoms. The fraction of sp³-hybridized carbons (Fsp3) is 0.417. The zero-order valence-electron chi connectivity index (χ0n) is 9.34. The van der Waals surface area contributed by atoms with E-state index in [1.54, 1.807) is 19.1 Å². The molecule has 0 spiro atoms. The first kappa shape index (κ1) is 12.3. The van der Waals surface area contributed by atoms with E-state index >= 15 is 0 Å². The summed E-state index contributed by atoms with van der Waals surface area (Å²) in [6, 6.07) is 6.77. The van der Waals surface area contributed by atoms with Crippen LogP contribution in [0.5, 0.6) is 11.5 Å². The first-order chi connectivity index (χ1) is 7.58. The van der Waals surface area contributed by atoms with Gasteiger partial charge in [-0.15, -0.1) is 0 Å². The molecule has 0 aliphatic carbocycles. The van der Waals surface area contributed by atoms with Crippen LogP contribution < -0.4 is 4.74 Å². The van der Waals surface area contributed by atoms with E-state index < -0.39 is 6.10 Å². The summed E-state index contributed by atoms with van der Waals surface area (Å²) in [7, 11) is 1.46. The van der Waals surface area contributed by atoms with Crippen molar-refractivity contribution in [1.29, 1.82) is 5.26 Å². The summed E-state index contributed by atoms with van der Waals surface area (Å²) in [6.45, 7) is 1.74. The molecule has 0 saturated carbocycles. The predicted molar refractivity (Wildman–Crippen MR) is 59.0 cm³/mol. The Balaban J connectivity index is 2.81. The van der Waals surface area contributed by atoms with Gasteiger partial charge in [0.15, 0.2) is 11.5 Å². The Morgan fingerprint density at radius 3 is 2.69 bits per heavy atom. The predicted octanol–water partition coefficient (Wildman–Crippen LogP) is 1.98. The molecule has 0 aliphatic rings. The van der Waals surface area contributed by atoms with Crippen molar-refractivity contribution in [2.24, 2.45) is 5.92 Å². The summed E-state index contributed by atoms with van der Waals surface area (Å²) in [4.78, 5) is 0. The molecule has 2 atom stereocenters. The van der Waals surface area contributed by atoms with Gasteiger partial charge in [-0.05, 0) is 31.0 Å². The fourth-order valence-electron chi connectivity index (χ4n) is 1.44. The zero-order valence-corrected chi connectivity index (χ0v) is 9.34. The highest BCUT2D eigenvalue weighted by Gasteiger charge is 2.13.